The number of nitrogens with one attached hydrogen (secondary N) is 2. The smallest absolute Gasteiger partial charge is 0.326 e. The highest BCUT2D eigenvalue weighted by atomic mass is 35.5. The Bertz CT molecular complexity index is 1700. The van der Waals surface area contributed by atoms with Gasteiger partial charge in [-0.15, -0.1) is 0 Å². The normalized spacial score (nSPS) is 39.0. The lowest BCUT2D eigenvalue weighted by Crippen LogP contribution is -2.65. The molecule has 0 saturated heterocycles. The number of carbonyl (C=O) groups excluding carboxylic acids is 1. The molecule has 6 heteroatoms. The van der Waals surface area contributed by atoms with Crippen molar-refractivity contribution in [2.24, 2.45) is 50.7 Å². The van der Waals surface area contributed by atoms with Gasteiger partial charge in [-0.25, -0.2) is 4.79 Å². The van der Waals surface area contributed by atoms with E-state index in [-0.39, 0.29) is 44.8 Å². The van der Waals surface area contributed by atoms with Crippen molar-refractivity contribution in [2.75, 3.05) is 0 Å². The quantitative estimate of drug-likeness (QED) is 0.276. The van der Waals surface area contributed by atoms with E-state index in [9.17, 15) is 14.7 Å². The topological polar surface area (TPSA) is 82.2 Å². The Balaban J connectivity index is 1.30. The van der Waals surface area contributed by atoms with Crippen LogP contribution in [0.25, 0.3) is 10.9 Å². The summed E-state index contributed by atoms with van der Waals surface area (Å²) in [5, 5.41) is 15.3. The van der Waals surface area contributed by atoms with Gasteiger partial charge in [0.05, 0.1) is 5.41 Å². The summed E-state index contributed by atoms with van der Waals surface area (Å²) in [5.41, 5.74) is 5.39. The number of aromatic amines is 1. The molecular formula is C42H59ClN2O3. The second-order valence-electron chi connectivity index (χ2n) is 19.1. The third-order valence-corrected chi connectivity index (χ3v) is 16.3. The third kappa shape index (κ3) is 4.53. The second-order valence-corrected chi connectivity index (χ2v) is 19.5. The zero-order valence-corrected chi connectivity index (χ0v) is 31.7. The average Bonchev–Trinajstić information content (AvgIpc) is 3.37. The van der Waals surface area contributed by atoms with Crippen LogP contribution in [0.1, 0.15) is 131 Å². The van der Waals surface area contributed by atoms with Crippen molar-refractivity contribution in [1.82, 2.24) is 10.3 Å². The predicted octanol–water partition coefficient (Wildman–Crippen LogP) is 10.3. The van der Waals surface area contributed by atoms with Crippen molar-refractivity contribution in [1.29, 1.82) is 0 Å². The lowest BCUT2D eigenvalue weighted by molar-refractivity contribution is -0.168. The van der Waals surface area contributed by atoms with Crippen LogP contribution >= 0.6 is 11.6 Å². The first-order valence-electron chi connectivity index (χ1n) is 18.9. The largest absolute Gasteiger partial charge is 0.480 e. The Kier molecular flexibility index (Phi) is 7.74. The highest BCUT2D eigenvalue weighted by Crippen LogP contribution is 2.75. The first-order valence-corrected chi connectivity index (χ1v) is 19.3. The van der Waals surface area contributed by atoms with Gasteiger partial charge in [-0.05, 0) is 127 Å². The molecule has 7 rings (SSSR count). The van der Waals surface area contributed by atoms with Crippen LogP contribution in [0.15, 0.2) is 29.8 Å². The molecule has 5 aliphatic rings. The molecule has 1 heterocycles. The number of hydrogen-bond donors (Lipinski definition) is 3. The summed E-state index contributed by atoms with van der Waals surface area (Å²) < 4.78 is 0. The summed E-state index contributed by atoms with van der Waals surface area (Å²) in [7, 11) is 0. The van der Waals surface area contributed by atoms with Crippen molar-refractivity contribution in [3.8, 4) is 0 Å². The van der Waals surface area contributed by atoms with Gasteiger partial charge in [-0.2, -0.15) is 0 Å². The van der Waals surface area contributed by atoms with Crippen LogP contribution in [0.4, 0.5) is 0 Å². The molecule has 9 atom stereocenters. The van der Waals surface area contributed by atoms with Gasteiger partial charge in [-0.1, -0.05) is 92.0 Å². The first kappa shape index (κ1) is 34.2. The molecule has 5 nitrogen and oxygen atoms in total. The van der Waals surface area contributed by atoms with Crippen LogP contribution in [-0.2, 0) is 21.4 Å². The lowest BCUT2D eigenvalue weighted by Gasteiger charge is -2.70. The van der Waals surface area contributed by atoms with Gasteiger partial charge >= 0.3 is 5.97 Å². The van der Waals surface area contributed by atoms with Gasteiger partial charge in [0.2, 0.25) is 5.91 Å². The summed E-state index contributed by atoms with van der Waals surface area (Å²) in [6.07, 6.45) is 12.5. The lowest BCUT2D eigenvalue weighted by atomic mass is 9.33. The van der Waals surface area contributed by atoms with E-state index in [2.05, 4.69) is 77.0 Å². The van der Waals surface area contributed by atoms with Crippen molar-refractivity contribution in [2.45, 2.75) is 138 Å². The molecule has 0 radical (unpaired) electrons. The number of hydrogen-bond acceptors (Lipinski definition) is 2. The minimum Gasteiger partial charge on any atom is -0.480 e. The minimum absolute atomic E-state index is 0.0113. The van der Waals surface area contributed by atoms with Crippen LogP contribution < -0.4 is 5.32 Å². The van der Waals surface area contributed by atoms with E-state index in [1.54, 1.807) is 0 Å². The highest BCUT2D eigenvalue weighted by Gasteiger charge is 2.69. The van der Waals surface area contributed by atoms with Gasteiger partial charge in [0.25, 0.3) is 0 Å². The summed E-state index contributed by atoms with van der Waals surface area (Å²) in [6, 6.07) is 5.47. The maximum atomic E-state index is 14.6. The molecular weight excluding hydrogens is 616 g/mol. The average molecular weight is 675 g/mol. The molecule has 0 aliphatic heterocycles. The number of amides is 1. The van der Waals surface area contributed by atoms with E-state index < -0.39 is 17.4 Å². The number of halogens is 1. The van der Waals surface area contributed by atoms with Gasteiger partial charge in [0.1, 0.15) is 6.04 Å². The minimum atomic E-state index is -0.921. The fourth-order valence-electron chi connectivity index (χ4n) is 12.9. The number of rotatable bonds is 5. The van der Waals surface area contributed by atoms with Crippen LogP contribution in [0.5, 0.6) is 0 Å². The number of allylic oxidation sites excluding steroid dienone is 2. The fourth-order valence-corrected chi connectivity index (χ4v) is 13.1. The van der Waals surface area contributed by atoms with Crippen molar-refractivity contribution in [3.63, 3.8) is 0 Å². The molecule has 2 aromatic rings. The van der Waals surface area contributed by atoms with Crippen molar-refractivity contribution < 1.29 is 14.7 Å². The van der Waals surface area contributed by atoms with Gasteiger partial charge in [0.15, 0.2) is 0 Å². The van der Waals surface area contributed by atoms with Crippen molar-refractivity contribution in [3.05, 3.63) is 46.1 Å². The molecule has 48 heavy (non-hydrogen) atoms. The first-order chi connectivity index (χ1) is 22.3. The monoisotopic (exact) mass is 674 g/mol. The van der Waals surface area contributed by atoms with E-state index in [0.29, 0.717) is 18.3 Å². The summed E-state index contributed by atoms with van der Waals surface area (Å²) in [6.45, 7) is 21.4. The Labute approximate surface area is 293 Å². The number of aliphatic carboxylic acids is 1. The predicted molar refractivity (Wildman–Crippen MR) is 195 cm³/mol. The number of aromatic nitrogens is 1. The molecule has 5 aliphatic carbocycles. The number of H-pyrrole nitrogens is 1. The fraction of sp³-hybridized carbons (Fsp3) is 0.714. The molecule has 1 aromatic heterocycles. The summed E-state index contributed by atoms with van der Waals surface area (Å²) >= 11 is 6.58. The summed E-state index contributed by atoms with van der Waals surface area (Å²) in [5.74, 6) is 0.173. The van der Waals surface area contributed by atoms with E-state index in [0.717, 1.165) is 50.0 Å². The van der Waals surface area contributed by atoms with Crippen molar-refractivity contribution >= 4 is 34.4 Å². The maximum absolute atomic E-state index is 14.6. The van der Waals surface area contributed by atoms with E-state index in [1.807, 2.05) is 19.9 Å². The molecule has 3 fully saturated rings. The third-order valence-electron chi connectivity index (χ3n) is 16.1. The van der Waals surface area contributed by atoms with Crippen LogP contribution in [-0.4, -0.2) is 28.0 Å². The molecule has 1 aromatic carbocycles. The Morgan fingerprint density at radius 2 is 1.73 bits per heavy atom. The molecule has 0 unspecified atom stereocenters. The Morgan fingerprint density at radius 3 is 2.42 bits per heavy atom. The standard InChI is InChI=1S/C42H59ClN2O3/c1-10-24(2)33(35(46)47)45-36(48)42-19-17-37(3,4)23-29(42)28-12-14-32-39(7)22-27-26-21-25(43)11-13-30(26)44-34(27)38(5,6)31(39)15-16-41(32,9)40(28,8)18-20-42/h11-13,21,24,29,31-33,44H,10,14-20,22-23H2,1-9H3,(H,45,48)(H,46,47)/t24-,29-,31-,32+,33-,39-,40+,41+,42-/m0/s1. The second kappa shape index (κ2) is 10.9. The summed E-state index contributed by atoms with van der Waals surface area (Å²) in [4.78, 5) is 30.8. The van der Waals surface area contributed by atoms with E-state index >= 15 is 0 Å². The zero-order valence-electron chi connectivity index (χ0n) is 30.9. The Morgan fingerprint density at radius 1 is 1.02 bits per heavy atom. The molecule has 0 bridgehead atoms. The van der Waals surface area contributed by atoms with Gasteiger partial charge in [-0.3, -0.25) is 4.79 Å². The Hall–Kier alpha value is -2.27. The number of carboxylic acid groups (broad SMARTS) is 1. The SMILES string of the molecule is CC[C@H](C)[C@H](NC(=O)[C@]12CCC(C)(C)C[C@H]1C1=CC[C@@H]3[C@@]4(C)Cc5c([nH]c6ccc(Cl)cc56)C(C)(C)[C@@H]4CC[C@@]3(C)[C@]1(C)CC2)C(=O)O. The molecule has 3 saturated carbocycles. The van der Waals surface area contributed by atoms with E-state index in [4.69, 9.17) is 11.6 Å². The molecule has 1 amide bonds. The van der Waals surface area contributed by atoms with E-state index in [1.165, 1.54) is 40.6 Å². The van der Waals surface area contributed by atoms with Crippen LogP contribution in [0.3, 0.4) is 0 Å². The number of benzene rings is 1. The number of carboxylic acids is 1. The van der Waals surface area contributed by atoms with Gasteiger partial charge in [0, 0.05) is 27.0 Å². The zero-order chi connectivity index (χ0) is 34.8. The molecule has 262 valence electrons. The van der Waals surface area contributed by atoms with Crippen LogP contribution in [0.2, 0.25) is 5.02 Å². The number of carbonyl (C=O) groups is 2. The van der Waals surface area contributed by atoms with Gasteiger partial charge < -0.3 is 15.4 Å². The maximum Gasteiger partial charge on any atom is 0.326 e. The molecule has 3 N–H and O–H groups in total. The van der Waals surface area contributed by atoms with Crippen LogP contribution in [0, 0.1) is 50.7 Å². The molecule has 0 spiro atoms. The highest BCUT2D eigenvalue weighted by molar-refractivity contribution is 6.31. The number of fused-ring (bicyclic) bond motifs is 10.